The van der Waals surface area contributed by atoms with Crippen molar-refractivity contribution in [1.82, 2.24) is 4.90 Å². The highest BCUT2D eigenvalue weighted by molar-refractivity contribution is 6.33. The van der Waals surface area contributed by atoms with E-state index in [1.807, 2.05) is 18.2 Å². The van der Waals surface area contributed by atoms with Gasteiger partial charge in [-0.2, -0.15) is 0 Å². The summed E-state index contributed by atoms with van der Waals surface area (Å²) < 4.78 is 0. The van der Waals surface area contributed by atoms with Gasteiger partial charge in [-0.25, -0.2) is 0 Å². The van der Waals surface area contributed by atoms with E-state index in [1.54, 1.807) is 0 Å². The Balaban J connectivity index is 1.58. The normalized spacial score (nSPS) is 22.4. The lowest BCUT2D eigenvalue weighted by atomic mass is 9.87. The van der Waals surface area contributed by atoms with Crippen LogP contribution in [-0.2, 0) is 4.79 Å². The smallest absolute Gasteiger partial charge is 0.127 e. The van der Waals surface area contributed by atoms with Crippen molar-refractivity contribution in [3.8, 4) is 0 Å². The molecule has 0 unspecified atom stereocenters. The van der Waals surface area contributed by atoms with Crippen LogP contribution in [0.25, 0.3) is 0 Å². The maximum Gasteiger partial charge on any atom is 0.127 e. The third kappa shape index (κ3) is 3.24. The van der Waals surface area contributed by atoms with Gasteiger partial charge in [-0.15, -0.1) is 0 Å². The summed E-state index contributed by atoms with van der Waals surface area (Å²) >= 11 is 6.27. The molecule has 0 aromatic heterocycles. The fourth-order valence-electron chi connectivity index (χ4n) is 3.69. The second kappa shape index (κ2) is 6.37. The minimum atomic E-state index is -0.0629. The van der Waals surface area contributed by atoms with Crippen LogP contribution in [0.4, 0.5) is 5.69 Å². The van der Waals surface area contributed by atoms with Crippen molar-refractivity contribution in [3.63, 3.8) is 0 Å². The molecule has 114 valence electrons. The number of halogens is 1. The Kier molecular flexibility index (Phi) is 4.51. The Morgan fingerprint density at radius 2 is 1.76 bits per heavy atom. The van der Waals surface area contributed by atoms with Crippen LogP contribution in [0.3, 0.4) is 0 Å². The summed E-state index contributed by atoms with van der Waals surface area (Å²) in [5.74, 6) is 0. The van der Waals surface area contributed by atoms with Gasteiger partial charge in [0, 0.05) is 38.1 Å². The molecule has 2 fully saturated rings. The van der Waals surface area contributed by atoms with Crippen LogP contribution in [0, 0.1) is 5.41 Å². The highest BCUT2D eigenvalue weighted by Crippen LogP contribution is 2.37. The maximum absolute atomic E-state index is 11.5. The molecule has 3 nitrogen and oxygen atoms in total. The molecule has 1 saturated heterocycles. The Morgan fingerprint density at radius 3 is 2.38 bits per heavy atom. The predicted molar refractivity (Wildman–Crippen MR) is 87.1 cm³/mol. The van der Waals surface area contributed by atoms with Crippen LogP contribution in [0.1, 0.15) is 25.7 Å². The minimum Gasteiger partial charge on any atom is -0.368 e. The van der Waals surface area contributed by atoms with Gasteiger partial charge in [-0.1, -0.05) is 36.6 Å². The van der Waals surface area contributed by atoms with Crippen LogP contribution in [0.15, 0.2) is 24.3 Å². The summed E-state index contributed by atoms with van der Waals surface area (Å²) in [6, 6.07) is 8.04. The Hall–Kier alpha value is -1.06. The van der Waals surface area contributed by atoms with Crippen molar-refractivity contribution in [2.75, 3.05) is 37.6 Å². The van der Waals surface area contributed by atoms with E-state index in [9.17, 15) is 4.79 Å². The quantitative estimate of drug-likeness (QED) is 0.798. The van der Waals surface area contributed by atoms with E-state index in [-0.39, 0.29) is 5.41 Å². The van der Waals surface area contributed by atoms with E-state index in [0.29, 0.717) is 0 Å². The highest BCUT2D eigenvalue weighted by Gasteiger charge is 2.36. The average molecular weight is 307 g/mol. The molecule has 1 saturated carbocycles. The van der Waals surface area contributed by atoms with Gasteiger partial charge >= 0.3 is 0 Å². The van der Waals surface area contributed by atoms with Crippen molar-refractivity contribution in [3.05, 3.63) is 29.3 Å². The molecule has 1 aromatic carbocycles. The maximum atomic E-state index is 11.5. The van der Waals surface area contributed by atoms with Crippen LogP contribution in [-0.4, -0.2) is 43.9 Å². The predicted octanol–water partition coefficient (Wildman–Crippen LogP) is 3.22. The number of carbonyl (C=O) groups excluding carboxylic acids is 1. The number of nitrogens with zero attached hydrogens (tertiary/aromatic N) is 2. The monoisotopic (exact) mass is 306 g/mol. The molecule has 0 amide bonds. The van der Waals surface area contributed by atoms with E-state index in [0.717, 1.165) is 56.3 Å². The third-order valence-corrected chi connectivity index (χ3v) is 5.27. The minimum absolute atomic E-state index is 0.0629. The topological polar surface area (TPSA) is 23.6 Å². The number of carbonyl (C=O) groups is 1. The molecule has 1 heterocycles. The zero-order valence-electron chi connectivity index (χ0n) is 12.4. The van der Waals surface area contributed by atoms with Gasteiger partial charge < -0.3 is 9.69 Å². The highest BCUT2D eigenvalue weighted by atomic mass is 35.5. The number of piperazine rings is 1. The van der Waals surface area contributed by atoms with Crippen LogP contribution in [0.2, 0.25) is 5.02 Å². The lowest BCUT2D eigenvalue weighted by molar-refractivity contribution is -0.117. The fraction of sp³-hybridized carbons (Fsp3) is 0.588. The molecule has 1 aromatic rings. The summed E-state index contributed by atoms with van der Waals surface area (Å²) in [5, 5.41) is 0.825. The molecule has 0 bridgehead atoms. The molecule has 0 N–H and O–H groups in total. The van der Waals surface area contributed by atoms with E-state index >= 15 is 0 Å². The van der Waals surface area contributed by atoms with E-state index in [2.05, 4.69) is 15.9 Å². The molecule has 4 heteroatoms. The molecular weight excluding hydrogens is 284 g/mol. The van der Waals surface area contributed by atoms with Gasteiger partial charge in [0.05, 0.1) is 10.7 Å². The van der Waals surface area contributed by atoms with E-state index < -0.39 is 0 Å². The molecule has 1 aliphatic heterocycles. The van der Waals surface area contributed by atoms with Gasteiger partial charge in [0.15, 0.2) is 0 Å². The van der Waals surface area contributed by atoms with Crippen molar-refractivity contribution < 1.29 is 4.79 Å². The molecule has 1 aliphatic carbocycles. The lowest BCUT2D eigenvalue weighted by Gasteiger charge is -2.39. The summed E-state index contributed by atoms with van der Waals surface area (Å²) in [4.78, 5) is 16.3. The molecule has 3 rings (SSSR count). The number of hydrogen-bond donors (Lipinski definition) is 0. The van der Waals surface area contributed by atoms with Gasteiger partial charge in [0.2, 0.25) is 0 Å². The first-order valence-corrected chi connectivity index (χ1v) is 8.28. The Labute approximate surface area is 131 Å². The van der Waals surface area contributed by atoms with Gasteiger partial charge in [-0.3, -0.25) is 4.90 Å². The molecule has 0 atom stereocenters. The number of para-hydroxylation sites is 1. The SMILES string of the molecule is O=CC1(CN2CCN(c3ccccc3Cl)CC2)CCCC1. The van der Waals surface area contributed by atoms with Crippen LogP contribution < -0.4 is 4.90 Å². The van der Waals surface area contributed by atoms with Crippen molar-refractivity contribution in [1.29, 1.82) is 0 Å². The lowest BCUT2D eigenvalue weighted by Crippen LogP contribution is -2.50. The first-order valence-electron chi connectivity index (χ1n) is 7.91. The summed E-state index contributed by atoms with van der Waals surface area (Å²) in [5.41, 5.74) is 1.07. The number of anilines is 1. The van der Waals surface area contributed by atoms with Gasteiger partial charge in [-0.05, 0) is 25.0 Å². The van der Waals surface area contributed by atoms with Crippen LogP contribution >= 0.6 is 11.6 Å². The van der Waals surface area contributed by atoms with E-state index in [4.69, 9.17) is 11.6 Å². The van der Waals surface area contributed by atoms with Crippen molar-refractivity contribution >= 4 is 23.6 Å². The zero-order chi connectivity index (χ0) is 14.7. The first kappa shape index (κ1) is 14.9. The molecule has 2 aliphatic rings. The number of benzene rings is 1. The number of hydrogen-bond acceptors (Lipinski definition) is 3. The zero-order valence-corrected chi connectivity index (χ0v) is 13.2. The molecule has 21 heavy (non-hydrogen) atoms. The van der Waals surface area contributed by atoms with Crippen LogP contribution in [0.5, 0.6) is 0 Å². The van der Waals surface area contributed by atoms with Gasteiger partial charge in [0.1, 0.15) is 6.29 Å². The average Bonchev–Trinajstić information content (AvgIpc) is 2.98. The molecule has 0 spiro atoms. The Morgan fingerprint density at radius 1 is 1.10 bits per heavy atom. The van der Waals surface area contributed by atoms with E-state index in [1.165, 1.54) is 19.1 Å². The fourth-order valence-corrected chi connectivity index (χ4v) is 3.95. The Bertz CT molecular complexity index is 491. The number of rotatable bonds is 4. The third-order valence-electron chi connectivity index (χ3n) is 4.95. The largest absolute Gasteiger partial charge is 0.368 e. The second-order valence-electron chi connectivity index (χ2n) is 6.40. The number of aldehydes is 1. The van der Waals surface area contributed by atoms with Gasteiger partial charge in [0.25, 0.3) is 0 Å². The second-order valence-corrected chi connectivity index (χ2v) is 6.81. The first-order chi connectivity index (χ1) is 10.2. The standard InChI is InChI=1S/C17H23ClN2O/c18-15-5-1-2-6-16(15)20-11-9-19(10-12-20)13-17(14-21)7-3-4-8-17/h1-2,5-6,14H,3-4,7-13H2. The summed E-state index contributed by atoms with van der Waals surface area (Å²) in [6.45, 7) is 4.94. The van der Waals surface area contributed by atoms with Crippen molar-refractivity contribution in [2.45, 2.75) is 25.7 Å². The molecule has 0 radical (unpaired) electrons. The summed E-state index contributed by atoms with van der Waals surface area (Å²) in [7, 11) is 0. The summed E-state index contributed by atoms with van der Waals surface area (Å²) in [6.07, 6.45) is 5.78. The van der Waals surface area contributed by atoms with Crippen molar-refractivity contribution in [2.24, 2.45) is 5.41 Å². The molecular formula is C17H23ClN2O.